The molecule has 1 aliphatic rings. The van der Waals surface area contributed by atoms with Crippen molar-refractivity contribution in [3.63, 3.8) is 0 Å². The molecule has 0 spiro atoms. The van der Waals surface area contributed by atoms with Crippen LogP contribution in [0.1, 0.15) is 18.6 Å². The van der Waals surface area contributed by atoms with E-state index < -0.39 is 10.0 Å². The second-order valence-electron chi connectivity index (χ2n) is 6.78. The van der Waals surface area contributed by atoms with Crippen LogP contribution in [0.5, 0.6) is 0 Å². The van der Waals surface area contributed by atoms with Gasteiger partial charge >= 0.3 is 0 Å². The number of nitrogens with zero attached hydrogens (tertiary/aromatic N) is 3. The maximum Gasteiger partial charge on any atom is 0.243 e. The molecule has 1 amide bonds. The normalized spacial score (nSPS) is 14.6. The number of amides is 1. The molecule has 0 bridgehead atoms. The van der Waals surface area contributed by atoms with Crippen LogP contribution in [0.2, 0.25) is 0 Å². The number of carbonyl (C=O) groups is 1. The smallest absolute Gasteiger partial charge is 0.243 e. The number of aromatic nitrogens is 2. The van der Waals surface area contributed by atoms with Crippen LogP contribution in [-0.4, -0.2) is 47.7 Å². The summed E-state index contributed by atoms with van der Waals surface area (Å²) in [6, 6.07) is 10.0. The topological polar surface area (TPSA) is 117 Å². The lowest BCUT2D eigenvalue weighted by Crippen LogP contribution is -2.28. The zero-order chi connectivity index (χ0) is 21.7. The average Bonchev–Trinajstić information content (AvgIpc) is 3.54. The third-order valence-corrected chi connectivity index (χ3v) is 8.46. The van der Waals surface area contributed by atoms with Gasteiger partial charge in [-0.1, -0.05) is 29.2 Å². The summed E-state index contributed by atoms with van der Waals surface area (Å²) in [5, 5.41) is 14.6. The second kappa shape index (κ2) is 9.81. The van der Waals surface area contributed by atoms with Crippen molar-refractivity contribution in [2.45, 2.75) is 28.6 Å². The van der Waals surface area contributed by atoms with Gasteiger partial charge in [0.05, 0.1) is 23.5 Å². The molecule has 0 atom stereocenters. The Morgan fingerprint density at radius 1 is 1.19 bits per heavy atom. The van der Waals surface area contributed by atoms with Gasteiger partial charge in [0.2, 0.25) is 21.1 Å². The van der Waals surface area contributed by atoms with Crippen molar-refractivity contribution in [2.75, 3.05) is 29.5 Å². The second-order valence-corrected chi connectivity index (χ2v) is 10.9. The monoisotopic (exact) mass is 479 g/mol. The maximum atomic E-state index is 12.7. The lowest BCUT2D eigenvalue weighted by atomic mass is 10.3. The number of hydrogen-bond donors (Lipinski definition) is 2. The third kappa shape index (κ3) is 5.64. The molecule has 1 saturated heterocycles. The Morgan fingerprint density at radius 2 is 2.03 bits per heavy atom. The van der Waals surface area contributed by atoms with Crippen LogP contribution in [0.4, 0.5) is 10.8 Å². The van der Waals surface area contributed by atoms with Gasteiger partial charge in [-0.15, -0.1) is 10.2 Å². The standard InChI is InChI=1S/C19H21N5O4S3/c25-17(13-29-19-23-22-18(30-19)20-12-15-6-4-10-28-15)21-14-5-3-7-16(11-14)31(26,27)24-8-1-2-9-24/h3-7,10-11H,1-2,8-9,12-13H2,(H,20,22)(H,21,25). The SMILES string of the molecule is O=C(CSc1nnc(NCc2ccco2)s1)Nc1cccc(S(=O)(=O)N2CCCC2)c1. The number of sulfonamides is 1. The Morgan fingerprint density at radius 3 is 2.81 bits per heavy atom. The predicted octanol–water partition coefficient (Wildman–Crippen LogP) is 3.26. The molecule has 0 aliphatic carbocycles. The molecule has 3 heterocycles. The van der Waals surface area contributed by atoms with Gasteiger partial charge in [0.1, 0.15) is 5.76 Å². The summed E-state index contributed by atoms with van der Waals surface area (Å²) in [5.41, 5.74) is 0.448. The Bertz CT molecular complexity index is 1130. The molecule has 4 rings (SSSR count). The maximum absolute atomic E-state index is 12.7. The number of nitrogens with one attached hydrogen (secondary N) is 2. The molecular weight excluding hydrogens is 458 g/mol. The van der Waals surface area contributed by atoms with Crippen molar-refractivity contribution in [3.8, 4) is 0 Å². The van der Waals surface area contributed by atoms with Gasteiger partial charge in [0.15, 0.2) is 4.34 Å². The van der Waals surface area contributed by atoms with Crippen LogP contribution in [0.15, 0.2) is 56.3 Å². The molecule has 3 aromatic rings. The molecule has 0 unspecified atom stereocenters. The van der Waals surface area contributed by atoms with Gasteiger partial charge in [-0.3, -0.25) is 4.79 Å². The zero-order valence-corrected chi connectivity index (χ0v) is 18.9. The fourth-order valence-electron chi connectivity index (χ4n) is 3.05. The van der Waals surface area contributed by atoms with E-state index in [9.17, 15) is 13.2 Å². The molecule has 2 aromatic heterocycles. The van der Waals surface area contributed by atoms with Gasteiger partial charge < -0.3 is 15.1 Å². The van der Waals surface area contributed by atoms with Crippen molar-refractivity contribution in [3.05, 3.63) is 48.4 Å². The highest BCUT2D eigenvalue weighted by atomic mass is 32.2. The van der Waals surface area contributed by atoms with Crippen molar-refractivity contribution in [2.24, 2.45) is 0 Å². The molecule has 2 N–H and O–H groups in total. The van der Waals surface area contributed by atoms with Gasteiger partial charge in [-0.2, -0.15) is 4.31 Å². The number of rotatable bonds is 9. The van der Waals surface area contributed by atoms with Gasteiger partial charge in [-0.25, -0.2) is 8.42 Å². The first kappa shape index (κ1) is 21.8. The Labute approximate surface area is 188 Å². The zero-order valence-electron chi connectivity index (χ0n) is 16.5. The van der Waals surface area contributed by atoms with E-state index in [0.29, 0.717) is 34.8 Å². The number of furan rings is 1. The highest BCUT2D eigenvalue weighted by Gasteiger charge is 2.27. The number of thioether (sulfide) groups is 1. The van der Waals surface area contributed by atoms with Crippen molar-refractivity contribution < 1.29 is 17.6 Å². The molecule has 1 aliphatic heterocycles. The Balaban J connectivity index is 1.29. The Hall–Kier alpha value is -2.41. The van der Waals surface area contributed by atoms with Crippen LogP contribution in [0.3, 0.4) is 0 Å². The minimum Gasteiger partial charge on any atom is -0.467 e. The molecule has 9 nitrogen and oxygen atoms in total. The van der Waals surface area contributed by atoms with E-state index in [0.717, 1.165) is 18.6 Å². The summed E-state index contributed by atoms with van der Waals surface area (Å²) in [6.45, 7) is 1.58. The molecule has 12 heteroatoms. The van der Waals surface area contributed by atoms with Gasteiger partial charge in [0.25, 0.3) is 0 Å². The molecule has 1 aromatic carbocycles. The number of anilines is 2. The van der Waals surface area contributed by atoms with E-state index >= 15 is 0 Å². The fraction of sp³-hybridized carbons (Fsp3) is 0.316. The van der Waals surface area contributed by atoms with E-state index in [1.807, 2.05) is 12.1 Å². The van der Waals surface area contributed by atoms with E-state index in [2.05, 4.69) is 20.8 Å². The van der Waals surface area contributed by atoms with E-state index in [-0.39, 0.29) is 16.6 Å². The molecule has 0 saturated carbocycles. The quantitative estimate of drug-likeness (QED) is 0.449. The first-order valence-electron chi connectivity index (χ1n) is 9.63. The van der Waals surface area contributed by atoms with E-state index in [4.69, 9.17) is 4.42 Å². The fourth-order valence-corrected chi connectivity index (χ4v) is 6.16. The van der Waals surface area contributed by atoms with Crippen LogP contribution in [0.25, 0.3) is 0 Å². The van der Waals surface area contributed by atoms with E-state index in [1.54, 1.807) is 24.5 Å². The van der Waals surface area contributed by atoms with Crippen LogP contribution in [-0.2, 0) is 21.4 Å². The third-order valence-electron chi connectivity index (χ3n) is 4.55. The van der Waals surface area contributed by atoms with Crippen LogP contribution in [0, 0.1) is 0 Å². The summed E-state index contributed by atoms with van der Waals surface area (Å²) < 4.78 is 32.8. The first-order valence-corrected chi connectivity index (χ1v) is 12.9. The Kier molecular flexibility index (Phi) is 6.90. The summed E-state index contributed by atoms with van der Waals surface area (Å²) in [7, 11) is -3.52. The summed E-state index contributed by atoms with van der Waals surface area (Å²) in [6.07, 6.45) is 3.35. The number of carbonyl (C=O) groups excluding carboxylic acids is 1. The summed E-state index contributed by atoms with van der Waals surface area (Å²) in [4.78, 5) is 12.5. The largest absolute Gasteiger partial charge is 0.467 e. The van der Waals surface area contributed by atoms with E-state index in [1.165, 1.54) is 33.5 Å². The lowest BCUT2D eigenvalue weighted by Gasteiger charge is -2.16. The van der Waals surface area contributed by atoms with Crippen molar-refractivity contribution >= 4 is 49.8 Å². The molecular formula is C19H21N5O4S3. The van der Waals surface area contributed by atoms with Crippen molar-refractivity contribution in [1.82, 2.24) is 14.5 Å². The molecule has 31 heavy (non-hydrogen) atoms. The minimum absolute atomic E-state index is 0.135. The summed E-state index contributed by atoms with van der Waals surface area (Å²) >= 11 is 2.61. The van der Waals surface area contributed by atoms with Crippen LogP contribution >= 0.6 is 23.1 Å². The molecule has 0 radical (unpaired) electrons. The predicted molar refractivity (Wildman–Crippen MR) is 120 cm³/mol. The highest BCUT2D eigenvalue weighted by molar-refractivity contribution is 8.01. The van der Waals surface area contributed by atoms with Gasteiger partial charge in [-0.05, 0) is 43.2 Å². The molecule has 1 fully saturated rings. The number of hydrogen-bond acceptors (Lipinski definition) is 9. The molecule has 164 valence electrons. The van der Waals surface area contributed by atoms with Gasteiger partial charge in [0, 0.05) is 18.8 Å². The van der Waals surface area contributed by atoms with Crippen molar-refractivity contribution in [1.29, 1.82) is 0 Å². The number of benzene rings is 1. The highest BCUT2D eigenvalue weighted by Crippen LogP contribution is 2.27. The lowest BCUT2D eigenvalue weighted by molar-refractivity contribution is -0.113. The average molecular weight is 480 g/mol. The minimum atomic E-state index is -3.52. The van der Waals surface area contributed by atoms with Crippen LogP contribution < -0.4 is 10.6 Å². The first-order chi connectivity index (χ1) is 15.0. The summed E-state index contributed by atoms with van der Waals surface area (Å²) in [5.74, 6) is 0.675.